The second-order valence-corrected chi connectivity index (χ2v) is 5.28. The zero-order chi connectivity index (χ0) is 18.6. The van der Waals surface area contributed by atoms with Gasteiger partial charge in [-0.05, 0) is 35.0 Å². The van der Waals surface area contributed by atoms with Gasteiger partial charge in [0.25, 0.3) is 5.91 Å². The molecule has 1 amide bonds. The standard InChI is InChI=1S/C16H15F2N3O4/c1-9-3-6-14(16(19-9)21(23)24)25-8-15(22)20-10(2)12-5-4-11(17)7-13(12)18/h3-7,10H,8H2,1-2H3,(H,20,22). The van der Waals surface area contributed by atoms with Crippen molar-refractivity contribution in [2.75, 3.05) is 6.61 Å². The van der Waals surface area contributed by atoms with Gasteiger partial charge in [-0.2, -0.15) is 0 Å². The van der Waals surface area contributed by atoms with E-state index in [2.05, 4.69) is 10.3 Å². The lowest BCUT2D eigenvalue weighted by Gasteiger charge is -2.15. The van der Waals surface area contributed by atoms with Crippen LogP contribution in [0.3, 0.4) is 0 Å². The van der Waals surface area contributed by atoms with E-state index in [1.54, 1.807) is 6.92 Å². The highest BCUT2D eigenvalue weighted by Crippen LogP contribution is 2.24. The fourth-order valence-electron chi connectivity index (χ4n) is 2.13. The number of ether oxygens (including phenoxy) is 1. The molecule has 1 unspecified atom stereocenters. The van der Waals surface area contributed by atoms with Crippen molar-refractivity contribution in [3.63, 3.8) is 0 Å². The first-order valence-electron chi connectivity index (χ1n) is 7.27. The number of carbonyl (C=O) groups is 1. The summed E-state index contributed by atoms with van der Waals surface area (Å²) in [5, 5.41) is 13.4. The molecule has 1 N–H and O–H groups in total. The first-order valence-corrected chi connectivity index (χ1v) is 7.27. The number of benzene rings is 1. The van der Waals surface area contributed by atoms with Gasteiger partial charge < -0.3 is 20.2 Å². The molecule has 0 fully saturated rings. The molecule has 7 nitrogen and oxygen atoms in total. The maximum absolute atomic E-state index is 13.7. The Morgan fingerprint density at radius 3 is 2.72 bits per heavy atom. The third-order valence-electron chi connectivity index (χ3n) is 3.32. The molecule has 132 valence electrons. The molecule has 2 aromatic rings. The van der Waals surface area contributed by atoms with E-state index >= 15 is 0 Å². The normalized spacial score (nSPS) is 11.7. The molecule has 0 aliphatic rings. The summed E-state index contributed by atoms with van der Waals surface area (Å²) < 4.78 is 31.7. The lowest BCUT2D eigenvalue weighted by molar-refractivity contribution is -0.390. The summed E-state index contributed by atoms with van der Waals surface area (Å²) in [6.45, 7) is 2.59. The third-order valence-corrected chi connectivity index (χ3v) is 3.32. The van der Waals surface area contributed by atoms with Gasteiger partial charge in [-0.3, -0.25) is 4.79 Å². The van der Waals surface area contributed by atoms with Gasteiger partial charge in [0.15, 0.2) is 6.61 Å². The highest BCUT2D eigenvalue weighted by atomic mass is 19.1. The van der Waals surface area contributed by atoms with Crippen LogP contribution in [0.5, 0.6) is 5.75 Å². The van der Waals surface area contributed by atoms with Crippen molar-refractivity contribution in [1.29, 1.82) is 0 Å². The SMILES string of the molecule is Cc1ccc(OCC(=O)NC(C)c2ccc(F)cc2F)c([N+](=O)[O-])n1. The Hall–Kier alpha value is -3.10. The Morgan fingerprint density at radius 1 is 1.36 bits per heavy atom. The zero-order valence-corrected chi connectivity index (χ0v) is 13.5. The Bertz CT molecular complexity index is 814. The van der Waals surface area contributed by atoms with Crippen molar-refractivity contribution in [3.8, 4) is 5.75 Å². The Kier molecular flexibility index (Phi) is 5.58. The predicted molar refractivity (Wildman–Crippen MR) is 84.0 cm³/mol. The maximum Gasteiger partial charge on any atom is 0.406 e. The van der Waals surface area contributed by atoms with E-state index in [1.807, 2.05) is 0 Å². The van der Waals surface area contributed by atoms with Gasteiger partial charge in [-0.1, -0.05) is 6.07 Å². The molecule has 9 heteroatoms. The largest absolute Gasteiger partial charge is 0.476 e. The van der Waals surface area contributed by atoms with E-state index in [9.17, 15) is 23.7 Å². The predicted octanol–water partition coefficient (Wildman–Crippen LogP) is 2.83. The van der Waals surface area contributed by atoms with Crippen molar-refractivity contribution in [2.24, 2.45) is 0 Å². The van der Waals surface area contributed by atoms with Gasteiger partial charge in [-0.25, -0.2) is 8.78 Å². The van der Waals surface area contributed by atoms with Crippen molar-refractivity contribution in [3.05, 3.63) is 63.3 Å². The minimum Gasteiger partial charge on any atom is -0.476 e. The second kappa shape index (κ2) is 7.65. The number of halogens is 2. The first-order chi connectivity index (χ1) is 11.8. The quantitative estimate of drug-likeness (QED) is 0.638. The maximum atomic E-state index is 13.7. The van der Waals surface area contributed by atoms with Crippen LogP contribution >= 0.6 is 0 Å². The van der Waals surface area contributed by atoms with Crippen LogP contribution in [0.1, 0.15) is 24.2 Å². The molecule has 0 aliphatic heterocycles. The summed E-state index contributed by atoms with van der Waals surface area (Å²) in [5.74, 6) is -2.77. The molecule has 1 heterocycles. The number of carbonyl (C=O) groups excluding carboxylic acids is 1. The lowest BCUT2D eigenvalue weighted by atomic mass is 10.1. The monoisotopic (exact) mass is 351 g/mol. The van der Waals surface area contributed by atoms with E-state index in [0.29, 0.717) is 5.69 Å². The second-order valence-electron chi connectivity index (χ2n) is 5.28. The molecule has 1 atom stereocenters. The minimum absolute atomic E-state index is 0.109. The van der Waals surface area contributed by atoms with Crippen LogP contribution in [-0.4, -0.2) is 22.4 Å². The molecule has 25 heavy (non-hydrogen) atoms. The summed E-state index contributed by atoms with van der Waals surface area (Å²) >= 11 is 0. The summed E-state index contributed by atoms with van der Waals surface area (Å²) in [4.78, 5) is 25.9. The average molecular weight is 351 g/mol. The van der Waals surface area contributed by atoms with Gasteiger partial charge in [-0.15, -0.1) is 0 Å². The zero-order valence-electron chi connectivity index (χ0n) is 13.5. The summed E-state index contributed by atoms with van der Waals surface area (Å²) in [6, 6.07) is 5.15. The highest BCUT2D eigenvalue weighted by molar-refractivity contribution is 5.78. The summed E-state index contributed by atoms with van der Waals surface area (Å²) in [6.07, 6.45) is 0. The van der Waals surface area contributed by atoms with Crippen LogP contribution in [0.15, 0.2) is 30.3 Å². The number of aromatic nitrogens is 1. The van der Waals surface area contributed by atoms with Gasteiger partial charge in [0.2, 0.25) is 5.75 Å². The number of aryl methyl sites for hydroxylation is 1. The number of nitro groups is 1. The molecule has 2 rings (SSSR count). The average Bonchev–Trinajstić information content (AvgIpc) is 2.53. The van der Waals surface area contributed by atoms with Crippen molar-refractivity contribution >= 4 is 11.7 Å². The Labute approximate surface area is 141 Å². The smallest absolute Gasteiger partial charge is 0.406 e. The molecular weight excluding hydrogens is 336 g/mol. The lowest BCUT2D eigenvalue weighted by Crippen LogP contribution is -2.31. The molecule has 1 aromatic carbocycles. The van der Waals surface area contributed by atoms with E-state index in [-0.39, 0.29) is 11.3 Å². The van der Waals surface area contributed by atoms with E-state index in [4.69, 9.17) is 4.74 Å². The number of pyridine rings is 1. The third kappa shape index (κ3) is 4.69. The van der Waals surface area contributed by atoms with Gasteiger partial charge in [0.05, 0.1) is 6.04 Å². The summed E-state index contributed by atoms with van der Waals surface area (Å²) in [7, 11) is 0. The van der Waals surface area contributed by atoms with Crippen molar-refractivity contribution < 1.29 is 23.2 Å². The van der Waals surface area contributed by atoms with Crippen LogP contribution in [0, 0.1) is 28.7 Å². The number of hydrogen-bond donors (Lipinski definition) is 1. The highest BCUT2D eigenvalue weighted by Gasteiger charge is 2.19. The molecule has 0 aliphatic carbocycles. The van der Waals surface area contributed by atoms with Crippen LogP contribution < -0.4 is 10.1 Å². The van der Waals surface area contributed by atoms with Gasteiger partial charge in [0, 0.05) is 18.6 Å². The van der Waals surface area contributed by atoms with Crippen LogP contribution in [0.2, 0.25) is 0 Å². The Balaban J connectivity index is 2.00. The van der Waals surface area contributed by atoms with Crippen LogP contribution in [0.4, 0.5) is 14.6 Å². The van der Waals surface area contributed by atoms with Crippen LogP contribution in [0.25, 0.3) is 0 Å². The van der Waals surface area contributed by atoms with Crippen molar-refractivity contribution in [1.82, 2.24) is 10.3 Å². The fraction of sp³-hybridized carbons (Fsp3) is 0.250. The van der Waals surface area contributed by atoms with E-state index < -0.39 is 40.9 Å². The van der Waals surface area contributed by atoms with Crippen LogP contribution in [-0.2, 0) is 4.79 Å². The number of amides is 1. The molecule has 1 aromatic heterocycles. The summed E-state index contributed by atoms with van der Waals surface area (Å²) in [5.41, 5.74) is 0.543. The molecule has 0 radical (unpaired) electrons. The van der Waals surface area contributed by atoms with E-state index in [0.717, 1.165) is 12.1 Å². The first kappa shape index (κ1) is 18.2. The van der Waals surface area contributed by atoms with E-state index in [1.165, 1.54) is 25.1 Å². The van der Waals surface area contributed by atoms with Gasteiger partial charge >= 0.3 is 5.82 Å². The number of nitrogens with zero attached hydrogens (tertiary/aromatic N) is 2. The Morgan fingerprint density at radius 2 is 2.08 bits per heavy atom. The van der Waals surface area contributed by atoms with Gasteiger partial charge in [0.1, 0.15) is 17.3 Å². The molecule has 0 bridgehead atoms. The molecular formula is C16H15F2N3O4. The minimum atomic E-state index is -0.785. The molecule has 0 spiro atoms. The number of hydrogen-bond acceptors (Lipinski definition) is 5. The molecule has 0 saturated heterocycles. The number of nitrogens with one attached hydrogen (secondary N) is 1. The number of rotatable bonds is 6. The topological polar surface area (TPSA) is 94.4 Å². The van der Waals surface area contributed by atoms with Crippen molar-refractivity contribution in [2.45, 2.75) is 19.9 Å². The molecule has 0 saturated carbocycles. The fourth-order valence-corrected chi connectivity index (χ4v) is 2.13.